The number of piperazine rings is 1. The Hall–Kier alpha value is -0.720. The summed E-state index contributed by atoms with van der Waals surface area (Å²) in [5, 5.41) is 10.5. The molecule has 2 atom stereocenters. The Labute approximate surface area is 119 Å². The Bertz CT molecular complexity index is 407. The van der Waals surface area contributed by atoms with Crippen LogP contribution in [0.3, 0.4) is 0 Å². The highest BCUT2D eigenvalue weighted by Crippen LogP contribution is 2.25. The SMILES string of the molecule is CC(O)CN1CCN(c2nc(C(C)C)ns2)C(C)C1. The second-order valence-corrected chi connectivity index (χ2v) is 6.47. The van der Waals surface area contributed by atoms with Crippen LogP contribution in [0.1, 0.15) is 39.4 Å². The number of aliphatic hydroxyl groups excluding tert-OH is 1. The monoisotopic (exact) mass is 284 g/mol. The van der Waals surface area contributed by atoms with Crippen molar-refractivity contribution in [1.82, 2.24) is 14.3 Å². The quantitative estimate of drug-likeness (QED) is 0.909. The number of rotatable bonds is 4. The number of aliphatic hydroxyl groups is 1. The first-order valence-corrected chi connectivity index (χ1v) is 7.75. The maximum Gasteiger partial charge on any atom is 0.205 e. The van der Waals surface area contributed by atoms with Crippen molar-refractivity contribution in [2.45, 2.75) is 45.8 Å². The molecule has 0 aromatic carbocycles. The zero-order valence-corrected chi connectivity index (χ0v) is 13.0. The van der Waals surface area contributed by atoms with Gasteiger partial charge in [-0.2, -0.15) is 4.37 Å². The largest absolute Gasteiger partial charge is 0.392 e. The van der Waals surface area contributed by atoms with Gasteiger partial charge in [-0.3, -0.25) is 4.90 Å². The van der Waals surface area contributed by atoms with Crippen LogP contribution in [0.4, 0.5) is 5.13 Å². The van der Waals surface area contributed by atoms with E-state index in [4.69, 9.17) is 0 Å². The minimum absolute atomic E-state index is 0.257. The molecule has 108 valence electrons. The summed E-state index contributed by atoms with van der Waals surface area (Å²) in [6, 6.07) is 0.417. The van der Waals surface area contributed by atoms with Gasteiger partial charge >= 0.3 is 0 Å². The third-order valence-electron chi connectivity index (χ3n) is 3.43. The third kappa shape index (κ3) is 3.64. The molecule has 2 heterocycles. The Morgan fingerprint density at radius 3 is 2.63 bits per heavy atom. The smallest absolute Gasteiger partial charge is 0.205 e. The van der Waals surface area contributed by atoms with Crippen LogP contribution in [0.15, 0.2) is 0 Å². The van der Waals surface area contributed by atoms with Crippen LogP contribution < -0.4 is 4.90 Å². The number of hydrogen-bond donors (Lipinski definition) is 1. The summed E-state index contributed by atoms with van der Waals surface area (Å²) in [5.41, 5.74) is 0. The first-order chi connectivity index (χ1) is 8.97. The van der Waals surface area contributed by atoms with E-state index in [-0.39, 0.29) is 6.10 Å². The van der Waals surface area contributed by atoms with E-state index in [9.17, 15) is 5.11 Å². The summed E-state index contributed by atoms with van der Waals surface area (Å²) in [4.78, 5) is 9.29. The Morgan fingerprint density at radius 2 is 2.11 bits per heavy atom. The molecule has 5 nitrogen and oxygen atoms in total. The number of aromatic nitrogens is 2. The molecule has 0 aliphatic carbocycles. The first kappa shape index (κ1) is 14.7. The van der Waals surface area contributed by atoms with Crippen molar-refractivity contribution in [1.29, 1.82) is 0 Å². The van der Waals surface area contributed by atoms with Crippen LogP contribution >= 0.6 is 11.5 Å². The lowest BCUT2D eigenvalue weighted by molar-refractivity contribution is 0.114. The molecule has 19 heavy (non-hydrogen) atoms. The predicted octanol–water partition coefficient (Wildman–Crippen LogP) is 1.55. The van der Waals surface area contributed by atoms with Gasteiger partial charge in [-0.25, -0.2) is 4.98 Å². The minimum Gasteiger partial charge on any atom is -0.392 e. The number of hydrogen-bond acceptors (Lipinski definition) is 6. The topological polar surface area (TPSA) is 52.5 Å². The highest BCUT2D eigenvalue weighted by atomic mass is 32.1. The fraction of sp³-hybridized carbons (Fsp3) is 0.846. The van der Waals surface area contributed by atoms with Crippen molar-refractivity contribution in [3.05, 3.63) is 5.82 Å². The molecule has 0 spiro atoms. The van der Waals surface area contributed by atoms with E-state index in [0.717, 1.165) is 37.1 Å². The van der Waals surface area contributed by atoms with E-state index in [1.807, 2.05) is 6.92 Å². The van der Waals surface area contributed by atoms with Gasteiger partial charge in [0.15, 0.2) is 0 Å². The van der Waals surface area contributed by atoms with Crippen LogP contribution in [-0.2, 0) is 0 Å². The maximum absolute atomic E-state index is 9.46. The molecule has 1 saturated heterocycles. The summed E-state index contributed by atoms with van der Waals surface area (Å²) >= 11 is 1.50. The van der Waals surface area contributed by atoms with E-state index in [1.54, 1.807) is 0 Å². The number of nitrogens with zero attached hydrogens (tertiary/aromatic N) is 4. The average Bonchev–Trinajstić information content (AvgIpc) is 2.77. The van der Waals surface area contributed by atoms with Gasteiger partial charge in [0.1, 0.15) is 5.82 Å². The van der Waals surface area contributed by atoms with Crippen molar-refractivity contribution in [2.24, 2.45) is 0 Å². The van der Waals surface area contributed by atoms with E-state index in [1.165, 1.54) is 11.5 Å². The van der Waals surface area contributed by atoms with Crippen molar-refractivity contribution in [2.75, 3.05) is 31.1 Å². The van der Waals surface area contributed by atoms with Gasteiger partial charge in [0.05, 0.1) is 6.10 Å². The lowest BCUT2D eigenvalue weighted by atomic mass is 10.2. The lowest BCUT2D eigenvalue weighted by Gasteiger charge is -2.40. The number of β-amino-alcohol motifs (C(OH)–C–C–N with tert-alkyl or cyclic N) is 1. The highest BCUT2D eigenvalue weighted by Gasteiger charge is 2.26. The van der Waals surface area contributed by atoms with Gasteiger partial charge in [0.2, 0.25) is 5.13 Å². The molecule has 0 saturated carbocycles. The zero-order chi connectivity index (χ0) is 14.0. The predicted molar refractivity (Wildman–Crippen MR) is 78.9 cm³/mol. The van der Waals surface area contributed by atoms with E-state index in [0.29, 0.717) is 12.0 Å². The van der Waals surface area contributed by atoms with Gasteiger partial charge in [0, 0.05) is 49.7 Å². The normalized spacial score (nSPS) is 23.1. The van der Waals surface area contributed by atoms with Crippen molar-refractivity contribution >= 4 is 16.7 Å². The van der Waals surface area contributed by atoms with E-state index >= 15 is 0 Å². The molecule has 1 aliphatic heterocycles. The Morgan fingerprint density at radius 1 is 1.37 bits per heavy atom. The fourth-order valence-corrected chi connectivity index (χ4v) is 3.37. The minimum atomic E-state index is -0.257. The molecule has 1 aromatic heterocycles. The second kappa shape index (κ2) is 6.15. The molecule has 1 aliphatic rings. The Balaban J connectivity index is 1.98. The van der Waals surface area contributed by atoms with Gasteiger partial charge in [0.25, 0.3) is 0 Å². The molecule has 2 unspecified atom stereocenters. The summed E-state index contributed by atoms with van der Waals surface area (Å²) in [7, 11) is 0. The molecule has 0 amide bonds. The maximum atomic E-state index is 9.46. The number of anilines is 1. The summed E-state index contributed by atoms with van der Waals surface area (Å²) < 4.78 is 4.43. The zero-order valence-electron chi connectivity index (χ0n) is 12.2. The van der Waals surface area contributed by atoms with Gasteiger partial charge in [-0.1, -0.05) is 13.8 Å². The molecule has 1 N–H and O–H groups in total. The van der Waals surface area contributed by atoms with Crippen molar-refractivity contribution in [3.8, 4) is 0 Å². The van der Waals surface area contributed by atoms with Crippen LogP contribution in [0, 0.1) is 0 Å². The molecule has 0 radical (unpaired) electrons. The first-order valence-electron chi connectivity index (χ1n) is 6.98. The van der Waals surface area contributed by atoms with Gasteiger partial charge in [-0.05, 0) is 13.8 Å². The van der Waals surface area contributed by atoms with Gasteiger partial charge < -0.3 is 10.0 Å². The Kier molecular flexibility index (Phi) is 4.76. The van der Waals surface area contributed by atoms with E-state index in [2.05, 4.69) is 39.9 Å². The second-order valence-electron chi connectivity index (χ2n) is 5.74. The van der Waals surface area contributed by atoms with Gasteiger partial charge in [-0.15, -0.1) is 0 Å². The van der Waals surface area contributed by atoms with Crippen LogP contribution in [-0.4, -0.2) is 57.7 Å². The molecule has 0 bridgehead atoms. The molecule has 1 aromatic rings. The summed E-state index contributed by atoms with van der Waals surface area (Å²) in [6.07, 6.45) is -0.257. The van der Waals surface area contributed by atoms with Crippen LogP contribution in [0.5, 0.6) is 0 Å². The highest BCUT2D eigenvalue weighted by molar-refractivity contribution is 7.09. The van der Waals surface area contributed by atoms with Crippen molar-refractivity contribution < 1.29 is 5.11 Å². The fourth-order valence-electron chi connectivity index (χ4n) is 2.43. The molecule has 2 rings (SSSR count). The molecular weight excluding hydrogens is 260 g/mol. The van der Waals surface area contributed by atoms with Crippen LogP contribution in [0.25, 0.3) is 0 Å². The summed E-state index contributed by atoms with van der Waals surface area (Å²) in [6.45, 7) is 12.0. The molecule has 1 fully saturated rings. The van der Waals surface area contributed by atoms with E-state index < -0.39 is 0 Å². The lowest BCUT2D eigenvalue weighted by Crippen LogP contribution is -2.53. The van der Waals surface area contributed by atoms with Crippen molar-refractivity contribution in [3.63, 3.8) is 0 Å². The standard InChI is InChI=1S/C13H24N4OS/c1-9(2)12-14-13(19-15-12)17-6-5-16(7-10(17)3)8-11(4)18/h9-11,18H,5-8H2,1-4H3. The molecule has 6 heteroatoms. The molecular formula is C13H24N4OS. The average molecular weight is 284 g/mol. The summed E-state index contributed by atoms with van der Waals surface area (Å²) in [5.74, 6) is 1.33. The van der Waals surface area contributed by atoms with Crippen LogP contribution in [0.2, 0.25) is 0 Å². The third-order valence-corrected chi connectivity index (χ3v) is 4.19.